The lowest BCUT2D eigenvalue weighted by molar-refractivity contribution is 1.53. The molecule has 0 rings (SSSR count). The maximum Gasteiger partial charge on any atom is 0.0651 e. The van der Waals surface area contributed by atoms with E-state index in [1.165, 1.54) is 0 Å². The molecule has 0 aromatic carbocycles. The molecule has 0 heterocycles. The Bertz CT molecular complexity index is 93.9. The number of nitrogens with zero attached hydrogens (tertiary/aromatic N) is 1. The molecule has 0 bridgehead atoms. The standard InChI is InChI=1S/C4H6INS/c1-4(7)2-6-3-5/h2-3,7H,1H3/b4-2-,6-3?. The fourth-order valence-corrected chi connectivity index (χ4v) is 0.364. The fourth-order valence-electron chi connectivity index (χ4n) is 0.136. The molecule has 0 aromatic heterocycles. The van der Waals surface area contributed by atoms with E-state index in [0.717, 1.165) is 4.91 Å². The van der Waals surface area contributed by atoms with Gasteiger partial charge in [-0.25, -0.2) is 0 Å². The van der Waals surface area contributed by atoms with Crippen molar-refractivity contribution in [1.29, 1.82) is 0 Å². The SMILES string of the molecule is C/C(S)=C/N=CI. The Morgan fingerprint density at radius 2 is 2.43 bits per heavy atom. The van der Waals surface area contributed by atoms with E-state index in [0.29, 0.717) is 0 Å². The lowest BCUT2D eigenvalue weighted by Crippen LogP contribution is -1.53. The predicted molar refractivity (Wildman–Crippen MR) is 45.3 cm³/mol. The minimum Gasteiger partial charge on any atom is -0.257 e. The molecule has 3 heteroatoms. The number of hydrogen-bond donors (Lipinski definition) is 1. The molecule has 0 aliphatic heterocycles. The van der Waals surface area contributed by atoms with Crippen LogP contribution in [0.25, 0.3) is 0 Å². The molecule has 0 aliphatic carbocycles. The van der Waals surface area contributed by atoms with Crippen molar-refractivity contribution in [2.45, 2.75) is 6.92 Å². The second-order valence-corrected chi connectivity index (χ2v) is 2.28. The van der Waals surface area contributed by atoms with Gasteiger partial charge in [0.15, 0.2) is 0 Å². The zero-order valence-electron chi connectivity index (χ0n) is 3.93. The Morgan fingerprint density at radius 3 is 2.57 bits per heavy atom. The van der Waals surface area contributed by atoms with Crippen LogP contribution in [0.3, 0.4) is 0 Å². The first-order valence-corrected chi connectivity index (χ1v) is 3.44. The van der Waals surface area contributed by atoms with Crippen molar-refractivity contribution in [2.75, 3.05) is 0 Å². The molecule has 0 atom stereocenters. The molecule has 0 saturated heterocycles. The number of thiol groups is 1. The molecule has 1 nitrogen and oxygen atoms in total. The molecule has 0 unspecified atom stereocenters. The summed E-state index contributed by atoms with van der Waals surface area (Å²) in [6.45, 7) is 1.88. The molecule has 0 aromatic rings. The van der Waals surface area contributed by atoms with Crippen LogP contribution in [0, 0.1) is 0 Å². The fraction of sp³-hybridized carbons (Fsp3) is 0.250. The molecular formula is C4H6INS. The summed E-state index contributed by atoms with van der Waals surface area (Å²) in [5.41, 5.74) is 0. The van der Waals surface area contributed by atoms with Crippen LogP contribution in [0.1, 0.15) is 6.92 Å². The van der Waals surface area contributed by atoms with Crippen molar-refractivity contribution in [3.63, 3.8) is 0 Å². The van der Waals surface area contributed by atoms with Gasteiger partial charge in [-0.1, -0.05) is 0 Å². The van der Waals surface area contributed by atoms with Gasteiger partial charge >= 0.3 is 0 Å². The normalized spacial score (nSPS) is 13.3. The summed E-state index contributed by atoms with van der Waals surface area (Å²) in [5, 5.41) is 0. The van der Waals surface area contributed by atoms with E-state index >= 15 is 0 Å². The minimum absolute atomic E-state index is 0.924. The van der Waals surface area contributed by atoms with Gasteiger partial charge < -0.3 is 0 Å². The van der Waals surface area contributed by atoms with Crippen LogP contribution in [0.15, 0.2) is 16.1 Å². The zero-order valence-corrected chi connectivity index (χ0v) is 6.98. The lowest BCUT2D eigenvalue weighted by atomic mass is 10.7. The Labute approximate surface area is 62.5 Å². The maximum atomic E-state index is 3.98. The van der Waals surface area contributed by atoms with E-state index in [1.807, 2.05) is 6.92 Å². The highest BCUT2D eigenvalue weighted by atomic mass is 127. The van der Waals surface area contributed by atoms with E-state index in [-0.39, 0.29) is 0 Å². The highest BCUT2D eigenvalue weighted by Gasteiger charge is 1.67. The van der Waals surface area contributed by atoms with Crippen LogP contribution in [0.5, 0.6) is 0 Å². The largest absolute Gasteiger partial charge is 0.257 e. The highest BCUT2D eigenvalue weighted by molar-refractivity contribution is 14.1. The monoisotopic (exact) mass is 227 g/mol. The Hall–Kier alpha value is 0.490. The summed E-state index contributed by atoms with van der Waals surface area (Å²) in [6, 6.07) is 0. The van der Waals surface area contributed by atoms with Crippen LogP contribution in [0.2, 0.25) is 0 Å². The number of rotatable bonds is 1. The molecular weight excluding hydrogens is 221 g/mol. The van der Waals surface area contributed by atoms with Gasteiger partial charge in [-0.05, 0) is 34.4 Å². The molecule has 0 fully saturated rings. The summed E-state index contributed by atoms with van der Waals surface area (Å²) < 4.78 is 1.69. The van der Waals surface area contributed by atoms with Gasteiger partial charge in [-0.2, -0.15) is 0 Å². The number of allylic oxidation sites excluding steroid dienone is 1. The van der Waals surface area contributed by atoms with Crippen LogP contribution in [-0.2, 0) is 0 Å². The molecule has 0 saturated carbocycles. The van der Waals surface area contributed by atoms with Crippen molar-refractivity contribution in [1.82, 2.24) is 0 Å². The molecule has 0 aliphatic rings. The van der Waals surface area contributed by atoms with Gasteiger partial charge in [0.25, 0.3) is 0 Å². The minimum atomic E-state index is 0.924. The topological polar surface area (TPSA) is 12.4 Å². The van der Waals surface area contributed by atoms with Gasteiger partial charge in [0.1, 0.15) is 0 Å². The Kier molecular flexibility index (Phi) is 4.97. The average molecular weight is 227 g/mol. The first-order valence-electron chi connectivity index (χ1n) is 1.75. The van der Waals surface area contributed by atoms with Crippen molar-refractivity contribution >= 4 is 39.4 Å². The molecule has 0 radical (unpaired) electrons. The number of aliphatic imine (C=N–C) groups is 1. The van der Waals surface area contributed by atoms with Crippen molar-refractivity contribution in [3.05, 3.63) is 11.1 Å². The third-order valence-electron chi connectivity index (χ3n) is 0.318. The molecule has 7 heavy (non-hydrogen) atoms. The van der Waals surface area contributed by atoms with E-state index in [9.17, 15) is 0 Å². The predicted octanol–water partition coefficient (Wildman–Crippen LogP) is 2.24. The van der Waals surface area contributed by atoms with Gasteiger partial charge in [-0.3, -0.25) is 4.99 Å². The van der Waals surface area contributed by atoms with E-state index < -0.39 is 0 Å². The highest BCUT2D eigenvalue weighted by Crippen LogP contribution is 1.95. The third-order valence-corrected chi connectivity index (χ3v) is 0.755. The Morgan fingerprint density at radius 1 is 1.86 bits per heavy atom. The van der Waals surface area contributed by atoms with Crippen LogP contribution < -0.4 is 0 Å². The summed E-state index contributed by atoms with van der Waals surface area (Å²) in [4.78, 5) is 4.72. The smallest absolute Gasteiger partial charge is 0.0651 e. The number of halogens is 1. The van der Waals surface area contributed by atoms with E-state index in [1.54, 1.807) is 10.4 Å². The van der Waals surface area contributed by atoms with Gasteiger partial charge in [-0.15, -0.1) is 12.6 Å². The maximum absolute atomic E-state index is 3.98. The van der Waals surface area contributed by atoms with E-state index in [4.69, 9.17) is 0 Å². The molecule has 0 amide bonds. The molecule has 0 spiro atoms. The van der Waals surface area contributed by atoms with Crippen molar-refractivity contribution < 1.29 is 0 Å². The second kappa shape index (κ2) is 4.64. The summed E-state index contributed by atoms with van der Waals surface area (Å²) in [5.74, 6) is 0. The van der Waals surface area contributed by atoms with Gasteiger partial charge in [0.2, 0.25) is 0 Å². The molecule has 0 N–H and O–H groups in total. The third kappa shape index (κ3) is 6.49. The molecule has 40 valence electrons. The van der Waals surface area contributed by atoms with Crippen LogP contribution >= 0.6 is 35.2 Å². The quantitative estimate of drug-likeness (QED) is 0.400. The summed E-state index contributed by atoms with van der Waals surface area (Å²) in [7, 11) is 0. The Balaban J connectivity index is 3.46. The zero-order chi connectivity index (χ0) is 5.70. The number of hydrogen-bond acceptors (Lipinski definition) is 2. The summed E-state index contributed by atoms with van der Waals surface area (Å²) in [6.07, 6.45) is 1.69. The first-order chi connectivity index (χ1) is 3.27. The average Bonchev–Trinajstić information content (AvgIpc) is 1.61. The van der Waals surface area contributed by atoms with Crippen molar-refractivity contribution in [3.8, 4) is 0 Å². The second-order valence-electron chi connectivity index (χ2n) is 1.02. The van der Waals surface area contributed by atoms with Crippen LogP contribution in [0.4, 0.5) is 0 Å². The van der Waals surface area contributed by atoms with Crippen LogP contribution in [-0.4, -0.2) is 4.22 Å². The first kappa shape index (κ1) is 7.49. The van der Waals surface area contributed by atoms with E-state index in [2.05, 4.69) is 40.2 Å². The lowest BCUT2D eigenvalue weighted by Gasteiger charge is -1.76. The summed E-state index contributed by atoms with van der Waals surface area (Å²) >= 11 is 6.03. The van der Waals surface area contributed by atoms with Crippen molar-refractivity contribution in [2.24, 2.45) is 4.99 Å². The van der Waals surface area contributed by atoms with Gasteiger partial charge in [0, 0.05) is 6.20 Å². The van der Waals surface area contributed by atoms with Gasteiger partial charge in [0.05, 0.1) is 4.22 Å².